The Labute approximate surface area is 97.8 Å². The number of alkyl halides is 1. The maximum absolute atomic E-state index is 11.6. The quantitative estimate of drug-likeness (QED) is 0.792. The van der Waals surface area contributed by atoms with Crippen molar-refractivity contribution in [2.24, 2.45) is 5.92 Å². The lowest BCUT2D eigenvalue weighted by Gasteiger charge is -2.28. The van der Waals surface area contributed by atoms with Gasteiger partial charge < -0.3 is 10.0 Å². The summed E-state index contributed by atoms with van der Waals surface area (Å²) in [6, 6.07) is -0.676. The van der Waals surface area contributed by atoms with E-state index in [0.29, 0.717) is 13.0 Å². The summed E-state index contributed by atoms with van der Waals surface area (Å²) in [6.45, 7) is 4.31. The molecule has 1 heterocycles. The number of likely N-dealkylation sites (tertiary alicyclic amines) is 1. The fourth-order valence-corrected chi connectivity index (χ4v) is 2.45. The lowest BCUT2D eigenvalue weighted by molar-refractivity contribution is -0.150. The molecule has 1 aliphatic rings. The molecule has 1 fully saturated rings. The van der Waals surface area contributed by atoms with Crippen molar-refractivity contribution in [2.45, 2.75) is 37.6 Å². The number of carbonyl (C=O) groups is 2. The first-order chi connectivity index (χ1) is 6.97. The highest BCUT2D eigenvalue weighted by molar-refractivity contribution is 9.09. The highest BCUT2D eigenvalue weighted by Gasteiger charge is 2.38. The number of hydrogen-bond donors (Lipinski definition) is 1. The van der Waals surface area contributed by atoms with Crippen LogP contribution in [0.15, 0.2) is 0 Å². The second-order valence-corrected chi connectivity index (χ2v) is 5.31. The number of carbonyl (C=O) groups excluding carboxylic acids is 1. The van der Waals surface area contributed by atoms with Gasteiger partial charge in [-0.2, -0.15) is 0 Å². The molecule has 0 aromatic rings. The van der Waals surface area contributed by atoms with E-state index in [1.165, 1.54) is 4.90 Å². The minimum absolute atomic E-state index is 0.00995. The molecule has 0 saturated carbocycles. The van der Waals surface area contributed by atoms with Crippen LogP contribution in [0.5, 0.6) is 0 Å². The zero-order chi connectivity index (χ0) is 11.6. The number of rotatable bonds is 4. The zero-order valence-electron chi connectivity index (χ0n) is 8.94. The molecule has 1 saturated heterocycles. The molecule has 15 heavy (non-hydrogen) atoms. The van der Waals surface area contributed by atoms with Crippen molar-refractivity contribution < 1.29 is 14.7 Å². The summed E-state index contributed by atoms with van der Waals surface area (Å²) in [5.74, 6) is -0.979. The van der Waals surface area contributed by atoms with Crippen molar-refractivity contribution in [2.75, 3.05) is 6.54 Å². The number of amides is 1. The van der Waals surface area contributed by atoms with E-state index >= 15 is 0 Å². The predicted molar refractivity (Wildman–Crippen MR) is 59.9 cm³/mol. The SMILES string of the molecule is CC[C@H](C)[C@@H](C(=O)O)N1CC(Br)CC1=O. The topological polar surface area (TPSA) is 57.6 Å². The van der Waals surface area contributed by atoms with Gasteiger partial charge in [0, 0.05) is 17.8 Å². The largest absolute Gasteiger partial charge is 0.480 e. The van der Waals surface area contributed by atoms with E-state index in [1.54, 1.807) is 0 Å². The minimum atomic E-state index is -0.903. The Bertz CT molecular complexity index is 269. The van der Waals surface area contributed by atoms with Crippen molar-refractivity contribution in [3.05, 3.63) is 0 Å². The van der Waals surface area contributed by atoms with Crippen molar-refractivity contribution in [3.8, 4) is 0 Å². The van der Waals surface area contributed by atoms with Gasteiger partial charge in [0.2, 0.25) is 5.91 Å². The third-order valence-corrected chi connectivity index (χ3v) is 3.50. The first kappa shape index (κ1) is 12.5. The van der Waals surface area contributed by atoms with Gasteiger partial charge in [0.25, 0.3) is 0 Å². The Balaban J connectivity index is 2.81. The molecule has 1 rings (SSSR count). The van der Waals surface area contributed by atoms with Crippen molar-refractivity contribution in [3.63, 3.8) is 0 Å². The molecule has 0 aliphatic carbocycles. The lowest BCUT2D eigenvalue weighted by Crippen LogP contribution is -2.46. The average Bonchev–Trinajstić information content (AvgIpc) is 2.45. The normalized spacial score (nSPS) is 25.4. The average molecular weight is 278 g/mol. The van der Waals surface area contributed by atoms with Gasteiger partial charge >= 0.3 is 5.97 Å². The molecule has 3 atom stereocenters. The van der Waals surface area contributed by atoms with E-state index in [-0.39, 0.29) is 16.7 Å². The predicted octanol–water partition coefficient (Wildman–Crippen LogP) is 1.48. The molecular formula is C10H16BrNO3. The fraction of sp³-hybridized carbons (Fsp3) is 0.800. The van der Waals surface area contributed by atoms with E-state index in [9.17, 15) is 9.59 Å². The van der Waals surface area contributed by atoms with Gasteiger partial charge in [-0.1, -0.05) is 36.2 Å². The standard InChI is InChI=1S/C10H16BrNO3/c1-3-6(2)9(10(14)15)12-5-7(11)4-8(12)13/h6-7,9H,3-5H2,1-2H3,(H,14,15)/t6-,7?,9-/m0/s1. The molecule has 0 radical (unpaired) electrons. The van der Waals surface area contributed by atoms with Crippen LogP contribution >= 0.6 is 15.9 Å². The number of hydrogen-bond acceptors (Lipinski definition) is 2. The molecule has 1 aliphatic heterocycles. The Morgan fingerprint density at radius 3 is 2.67 bits per heavy atom. The molecule has 4 nitrogen and oxygen atoms in total. The van der Waals surface area contributed by atoms with Gasteiger partial charge in [-0.3, -0.25) is 4.79 Å². The summed E-state index contributed by atoms with van der Waals surface area (Å²) in [5, 5.41) is 9.13. The maximum atomic E-state index is 11.6. The van der Waals surface area contributed by atoms with Crippen LogP contribution in [0.4, 0.5) is 0 Å². The molecule has 0 spiro atoms. The van der Waals surface area contributed by atoms with Crippen molar-refractivity contribution in [1.29, 1.82) is 0 Å². The van der Waals surface area contributed by atoms with E-state index in [4.69, 9.17) is 5.11 Å². The van der Waals surface area contributed by atoms with E-state index < -0.39 is 12.0 Å². The second-order valence-electron chi connectivity index (χ2n) is 4.02. The second kappa shape index (κ2) is 4.96. The molecule has 0 aromatic carbocycles. The first-order valence-electron chi connectivity index (χ1n) is 5.13. The maximum Gasteiger partial charge on any atom is 0.326 e. The van der Waals surface area contributed by atoms with Gasteiger partial charge in [-0.25, -0.2) is 4.79 Å². The number of carboxylic acids is 1. The number of aliphatic carboxylic acids is 1. The molecule has 1 amide bonds. The van der Waals surface area contributed by atoms with Crippen LogP contribution in [0.25, 0.3) is 0 Å². The third-order valence-electron chi connectivity index (χ3n) is 2.88. The first-order valence-corrected chi connectivity index (χ1v) is 6.05. The molecule has 1 N–H and O–H groups in total. The van der Waals surface area contributed by atoms with E-state index in [0.717, 1.165) is 6.42 Å². The van der Waals surface area contributed by atoms with Crippen LogP contribution in [0.2, 0.25) is 0 Å². The van der Waals surface area contributed by atoms with Crippen molar-refractivity contribution in [1.82, 2.24) is 4.90 Å². The van der Waals surface area contributed by atoms with Gasteiger partial charge in [0.05, 0.1) is 0 Å². The van der Waals surface area contributed by atoms with Gasteiger partial charge in [0.15, 0.2) is 0 Å². The Kier molecular flexibility index (Phi) is 4.13. The van der Waals surface area contributed by atoms with Crippen LogP contribution in [0.1, 0.15) is 26.7 Å². The molecule has 0 bridgehead atoms. The fourth-order valence-electron chi connectivity index (χ4n) is 1.86. The highest BCUT2D eigenvalue weighted by atomic mass is 79.9. The van der Waals surface area contributed by atoms with Crippen LogP contribution in [0, 0.1) is 5.92 Å². The summed E-state index contributed by atoms with van der Waals surface area (Å²) >= 11 is 3.35. The van der Waals surface area contributed by atoms with Gasteiger partial charge in [-0.05, 0) is 5.92 Å². The minimum Gasteiger partial charge on any atom is -0.480 e. The summed E-state index contributed by atoms with van der Waals surface area (Å²) in [5.41, 5.74) is 0. The molecule has 86 valence electrons. The summed E-state index contributed by atoms with van der Waals surface area (Å²) in [4.78, 5) is 24.3. The summed E-state index contributed by atoms with van der Waals surface area (Å²) in [7, 11) is 0. The number of nitrogens with zero attached hydrogens (tertiary/aromatic N) is 1. The van der Waals surface area contributed by atoms with E-state index in [2.05, 4.69) is 15.9 Å². The van der Waals surface area contributed by atoms with Crippen LogP contribution in [0.3, 0.4) is 0 Å². The zero-order valence-corrected chi connectivity index (χ0v) is 10.5. The smallest absolute Gasteiger partial charge is 0.326 e. The molecule has 5 heteroatoms. The number of halogens is 1. The van der Waals surface area contributed by atoms with E-state index in [1.807, 2.05) is 13.8 Å². The number of carboxylic acid groups (broad SMARTS) is 1. The summed E-state index contributed by atoms with van der Waals surface area (Å²) < 4.78 is 0. The Morgan fingerprint density at radius 2 is 2.33 bits per heavy atom. The molecule has 0 aromatic heterocycles. The Morgan fingerprint density at radius 1 is 1.73 bits per heavy atom. The third kappa shape index (κ3) is 2.71. The highest BCUT2D eigenvalue weighted by Crippen LogP contribution is 2.25. The van der Waals surface area contributed by atoms with Crippen LogP contribution < -0.4 is 0 Å². The van der Waals surface area contributed by atoms with Crippen LogP contribution in [-0.4, -0.2) is 39.3 Å². The monoisotopic (exact) mass is 277 g/mol. The molecule has 1 unspecified atom stereocenters. The lowest BCUT2D eigenvalue weighted by atomic mass is 9.98. The van der Waals surface area contributed by atoms with Gasteiger partial charge in [0.1, 0.15) is 6.04 Å². The van der Waals surface area contributed by atoms with Crippen molar-refractivity contribution >= 4 is 27.8 Å². The Hall–Kier alpha value is -0.580. The molecular weight excluding hydrogens is 262 g/mol. The van der Waals surface area contributed by atoms with Gasteiger partial charge in [-0.15, -0.1) is 0 Å². The van der Waals surface area contributed by atoms with Crippen LogP contribution in [-0.2, 0) is 9.59 Å². The summed E-state index contributed by atoms with van der Waals surface area (Å²) in [6.07, 6.45) is 1.16.